The Balaban J connectivity index is 1.34. The van der Waals surface area contributed by atoms with Crippen LogP contribution < -0.4 is 10.6 Å². The molecule has 0 bridgehead atoms. The van der Waals surface area contributed by atoms with E-state index in [-0.39, 0.29) is 23.8 Å². The van der Waals surface area contributed by atoms with E-state index in [2.05, 4.69) is 22.7 Å². The van der Waals surface area contributed by atoms with Gasteiger partial charge in [0.15, 0.2) is 5.82 Å². The molecule has 1 aromatic heterocycles. The van der Waals surface area contributed by atoms with E-state index in [0.717, 1.165) is 49.8 Å². The minimum absolute atomic E-state index is 0.0672. The van der Waals surface area contributed by atoms with Crippen molar-refractivity contribution in [2.45, 2.75) is 83.2 Å². The first-order chi connectivity index (χ1) is 14.6. The second-order valence-electron chi connectivity index (χ2n) is 8.88. The summed E-state index contributed by atoms with van der Waals surface area (Å²) in [4.78, 5) is 12.9. The molecule has 5 nitrogen and oxygen atoms in total. The zero-order chi connectivity index (χ0) is 20.9. The van der Waals surface area contributed by atoms with Gasteiger partial charge < -0.3 is 15.2 Å². The summed E-state index contributed by atoms with van der Waals surface area (Å²) in [5, 5.41) is 10.5. The summed E-state index contributed by atoms with van der Waals surface area (Å²) in [6.45, 7) is 2.08. The molecule has 4 rings (SSSR count). The Morgan fingerprint density at radius 1 is 1.23 bits per heavy atom. The number of nitrogens with one attached hydrogen (secondary N) is 2. The summed E-state index contributed by atoms with van der Waals surface area (Å²) in [5.74, 6) is 1.79. The van der Waals surface area contributed by atoms with Crippen molar-refractivity contribution in [3.8, 4) is 0 Å². The highest BCUT2D eigenvalue weighted by Crippen LogP contribution is 2.28. The van der Waals surface area contributed by atoms with Gasteiger partial charge in [-0.3, -0.25) is 4.79 Å². The van der Waals surface area contributed by atoms with Crippen LogP contribution >= 0.6 is 0 Å². The zero-order valence-electron chi connectivity index (χ0n) is 17.8. The number of carbonyl (C=O) groups excluding carboxylic acids is 1. The second kappa shape index (κ2) is 9.73. The predicted octanol–water partition coefficient (Wildman–Crippen LogP) is 4.80. The summed E-state index contributed by atoms with van der Waals surface area (Å²) in [5.41, 5.74) is 2.26. The van der Waals surface area contributed by atoms with E-state index in [9.17, 15) is 9.18 Å². The summed E-state index contributed by atoms with van der Waals surface area (Å²) in [6.07, 6.45) is 10.2. The van der Waals surface area contributed by atoms with E-state index in [1.807, 2.05) is 12.1 Å². The Bertz CT molecular complexity index is 860. The van der Waals surface area contributed by atoms with E-state index in [1.54, 1.807) is 6.07 Å². The molecule has 2 atom stereocenters. The third kappa shape index (κ3) is 5.28. The van der Waals surface area contributed by atoms with Crippen LogP contribution in [0, 0.1) is 11.7 Å². The van der Waals surface area contributed by atoms with Crippen molar-refractivity contribution in [3.63, 3.8) is 0 Å². The number of aryl methyl sites for hydroxylation is 1. The molecule has 1 aromatic carbocycles. The Kier molecular flexibility index (Phi) is 6.82. The minimum atomic E-state index is -0.281. The van der Waals surface area contributed by atoms with Gasteiger partial charge in [-0.05, 0) is 54.9 Å². The largest absolute Gasteiger partial charge is 0.359 e. The highest BCUT2D eigenvalue weighted by Gasteiger charge is 2.26. The van der Waals surface area contributed by atoms with Crippen molar-refractivity contribution in [2.24, 2.45) is 5.92 Å². The third-order valence-electron chi connectivity index (χ3n) is 6.50. The maximum absolute atomic E-state index is 13.4. The highest BCUT2D eigenvalue weighted by atomic mass is 19.1. The normalized spacial score (nSPS) is 20.1. The lowest BCUT2D eigenvalue weighted by atomic mass is 9.87. The SMILES string of the molecule is CCC[C@H](NC1CCc2cc(F)ccc2C1)C(=O)Nc1cc(CC2CCCC2)on1. The average Bonchev–Trinajstić information content (AvgIpc) is 3.40. The van der Waals surface area contributed by atoms with Crippen LogP contribution in [0.5, 0.6) is 0 Å². The van der Waals surface area contributed by atoms with E-state index < -0.39 is 0 Å². The fourth-order valence-corrected chi connectivity index (χ4v) is 4.91. The molecule has 0 radical (unpaired) electrons. The first kappa shape index (κ1) is 21.0. The molecular formula is C24H32FN3O2. The quantitative estimate of drug-likeness (QED) is 0.652. The molecule has 6 heteroatoms. The van der Waals surface area contributed by atoms with Gasteiger partial charge in [-0.25, -0.2) is 4.39 Å². The van der Waals surface area contributed by atoms with Crippen molar-refractivity contribution in [3.05, 3.63) is 47.0 Å². The van der Waals surface area contributed by atoms with Crippen LogP contribution in [0.1, 0.15) is 68.8 Å². The fourth-order valence-electron chi connectivity index (χ4n) is 4.91. The van der Waals surface area contributed by atoms with Crippen LogP contribution in [-0.2, 0) is 24.1 Å². The number of hydrogen-bond acceptors (Lipinski definition) is 4. The number of rotatable bonds is 8. The summed E-state index contributed by atoms with van der Waals surface area (Å²) in [7, 11) is 0. The molecule has 2 aliphatic rings. The number of carbonyl (C=O) groups is 1. The molecule has 162 valence electrons. The van der Waals surface area contributed by atoms with E-state index >= 15 is 0 Å². The molecule has 1 amide bonds. The summed E-state index contributed by atoms with van der Waals surface area (Å²) >= 11 is 0. The number of benzene rings is 1. The lowest BCUT2D eigenvalue weighted by molar-refractivity contribution is -0.118. The van der Waals surface area contributed by atoms with E-state index in [1.165, 1.54) is 37.3 Å². The Labute approximate surface area is 177 Å². The molecule has 2 N–H and O–H groups in total. The molecule has 1 fully saturated rings. The van der Waals surface area contributed by atoms with Gasteiger partial charge in [0.1, 0.15) is 11.6 Å². The van der Waals surface area contributed by atoms with E-state index in [4.69, 9.17) is 4.52 Å². The van der Waals surface area contributed by atoms with Gasteiger partial charge in [0.25, 0.3) is 0 Å². The Hall–Kier alpha value is -2.21. The van der Waals surface area contributed by atoms with Crippen molar-refractivity contribution < 1.29 is 13.7 Å². The molecule has 0 aliphatic heterocycles. The lowest BCUT2D eigenvalue weighted by Crippen LogP contribution is -2.47. The topological polar surface area (TPSA) is 67.2 Å². The molecule has 1 saturated carbocycles. The van der Waals surface area contributed by atoms with Crippen LogP contribution in [0.4, 0.5) is 10.2 Å². The fraction of sp³-hybridized carbons (Fsp3) is 0.583. The van der Waals surface area contributed by atoms with Crippen LogP contribution in [0.15, 0.2) is 28.8 Å². The highest BCUT2D eigenvalue weighted by molar-refractivity contribution is 5.94. The summed E-state index contributed by atoms with van der Waals surface area (Å²) in [6, 6.07) is 6.82. The molecular weight excluding hydrogens is 381 g/mol. The molecule has 2 aromatic rings. The zero-order valence-corrected chi connectivity index (χ0v) is 17.8. The van der Waals surface area contributed by atoms with Gasteiger partial charge in [-0.15, -0.1) is 0 Å². The Morgan fingerprint density at radius 3 is 2.87 bits per heavy atom. The molecule has 1 unspecified atom stereocenters. The standard InChI is InChI=1S/C24H32FN3O2/c1-2-5-22(26-20-11-9-17-13-19(25)10-8-18(17)14-20)24(29)27-23-15-21(30-28-23)12-16-6-3-4-7-16/h8,10,13,15-16,20,22,26H,2-7,9,11-12,14H2,1H3,(H,27,28,29)/t20?,22-/m0/s1. The number of anilines is 1. The van der Waals surface area contributed by atoms with Crippen LogP contribution in [-0.4, -0.2) is 23.1 Å². The second-order valence-corrected chi connectivity index (χ2v) is 8.88. The number of amides is 1. The molecule has 1 heterocycles. The first-order valence-corrected chi connectivity index (χ1v) is 11.4. The molecule has 30 heavy (non-hydrogen) atoms. The van der Waals surface area contributed by atoms with E-state index in [0.29, 0.717) is 11.7 Å². The predicted molar refractivity (Wildman–Crippen MR) is 115 cm³/mol. The van der Waals surface area contributed by atoms with Gasteiger partial charge in [0.05, 0.1) is 6.04 Å². The third-order valence-corrected chi connectivity index (χ3v) is 6.50. The maximum Gasteiger partial charge on any atom is 0.242 e. The number of halogens is 1. The van der Waals surface area contributed by atoms with Crippen molar-refractivity contribution in [1.82, 2.24) is 10.5 Å². The molecule has 0 saturated heterocycles. The minimum Gasteiger partial charge on any atom is -0.359 e. The van der Waals surface area contributed by atoms with Crippen molar-refractivity contribution in [1.29, 1.82) is 0 Å². The maximum atomic E-state index is 13.4. The summed E-state index contributed by atoms with van der Waals surface area (Å²) < 4.78 is 18.9. The monoisotopic (exact) mass is 413 g/mol. The Morgan fingerprint density at radius 2 is 2.07 bits per heavy atom. The number of aromatic nitrogens is 1. The van der Waals surface area contributed by atoms with Crippen molar-refractivity contribution >= 4 is 11.7 Å². The lowest BCUT2D eigenvalue weighted by Gasteiger charge is -2.29. The number of nitrogens with zero attached hydrogens (tertiary/aromatic N) is 1. The van der Waals surface area contributed by atoms with Gasteiger partial charge in [0, 0.05) is 18.5 Å². The van der Waals surface area contributed by atoms with Gasteiger partial charge >= 0.3 is 0 Å². The smallest absolute Gasteiger partial charge is 0.242 e. The number of hydrogen-bond donors (Lipinski definition) is 2. The molecule has 0 spiro atoms. The molecule has 2 aliphatic carbocycles. The van der Waals surface area contributed by atoms with Gasteiger partial charge in [-0.2, -0.15) is 0 Å². The van der Waals surface area contributed by atoms with Crippen molar-refractivity contribution in [2.75, 3.05) is 5.32 Å². The average molecular weight is 414 g/mol. The van der Waals surface area contributed by atoms with Gasteiger partial charge in [-0.1, -0.05) is 50.3 Å². The number of fused-ring (bicyclic) bond motifs is 1. The first-order valence-electron chi connectivity index (χ1n) is 11.4. The van der Waals surface area contributed by atoms with Crippen LogP contribution in [0.2, 0.25) is 0 Å². The van der Waals surface area contributed by atoms with Crippen LogP contribution in [0.3, 0.4) is 0 Å². The van der Waals surface area contributed by atoms with Crippen LogP contribution in [0.25, 0.3) is 0 Å². The van der Waals surface area contributed by atoms with Gasteiger partial charge in [0.2, 0.25) is 5.91 Å².